The van der Waals surface area contributed by atoms with E-state index in [9.17, 15) is 5.11 Å². The fraction of sp³-hybridized carbons (Fsp3) is 0.647. The number of nitrogens with one attached hydrogen (secondary N) is 1. The van der Waals surface area contributed by atoms with Crippen LogP contribution in [-0.2, 0) is 0 Å². The highest BCUT2D eigenvalue weighted by Gasteiger charge is 2.20. The van der Waals surface area contributed by atoms with E-state index in [0.717, 1.165) is 37.2 Å². The Balaban J connectivity index is 2.66. The molecule has 1 aromatic rings. The topological polar surface area (TPSA) is 41.5 Å². The van der Waals surface area contributed by atoms with Gasteiger partial charge in [0.1, 0.15) is 5.75 Å². The van der Waals surface area contributed by atoms with Crippen LogP contribution in [0, 0.1) is 0 Å². The van der Waals surface area contributed by atoms with Gasteiger partial charge in [0, 0.05) is 12.1 Å². The summed E-state index contributed by atoms with van der Waals surface area (Å²) >= 11 is 0. The fourth-order valence-corrected chi connectivity index (χ4v) is 2.13. The first kappa shape index (κ1) is 17.0. The van der Waals surface area contributed by atoms with Gasteiger partial charge in [-0.05, 0) is 43.9 Å². The van der Waals surface area contributed by atoms with Gasteiger partial charge in [-0.3, -0.25) is 0 Å². The van der Waals surface area contributed by atoms with Gasteiger partial charge in [-0.25, -0.2) is 0 Å². The van der Waals surface area contributed by atoms with Gasteiger partial charge in [0.2, 0.25) is 0 Å². The maximum atomic E-state index is 10.5. The van der Waals surface area contributed by atoms with Gasteiger partial charge in [-0.15, -0.1) is 0 Å². The molecule has 114 valence electrons. The summed E-state index contributed by atoms with van der Waals surface area (Å²) in [6.07, 6.45) is 2.49. The Morgan fingerprint density at radius 3 is 2.25 bits per heavy atom. The van der Waals surface area contributed by atoms with Crippen molar-refractivity contribution < 1.29 is 9.84 Å². The monoisotopic (exact) mass is 279 g/mol. The molecule has 0 radical (unpaired) electrons. The van der Waals surface area contributed by atoms with E-state index in [1.54, 1.807) is 0 Å². The second-order valence-corrected chi connectivity index (χ2v) is 5.35. The van der Waals surface area contributed by atoms with Crippen molar-refractivity contribution in [2.24, 2.45) is 0 Å². The lowest BCUT2D eigenvalue weighted by molar-refractivity contribution is 0.120. The number of aliphatic hydroxyl groups is 1. The first-order valence-corrected chi connectivity index (χ1v) is 7.79. The number of rotatable bonds is 9. The van der Waals surface area contributed by atoms with Crippen molar-refractivity contribution >= 4 is 0 Å². The quantitative estimate of drug-likeness (QED) is 0.724. The predicted octanol–water partition coefficient (Wildman–Crippen LogP) is 3.68. The number of ether oxygens (including phenoxy) is 1. The first-order valence-electron chi connectivity index (χ1n) is 7.79. The number of hydrogen-bond acceptors (Lipinski definition) is 3. The van der Waals surface area contributed by atoms with E-state index in [2.05, 4.69) is 33.0 Å². The van der Waals surface area contributed by atoms with Gasteiger partial charge in [-0.1, -0.05) is 32.9 Å². The summed E-state index contributed by atoms with van der Waals surface area (Å²) in [4.78, 5) is 0. The van der Waals surface area contributed by atoms with Crippen LogP contribution in [0.3, 0.4) is 0 Å². The van der Waals surface area contributed by atoms with Crippen molar-refractivity contribution in [3.05, 3.63) is 29.8 Å². The van der Waals surface area contributed by atoms with Gasteiger partial charge in [-0.2, -0.15) is 0 Å². The Kier molecular flexibility index (Phi) is 7.63. The van der Waals surface area contributed by atoms with Crippen LogP contribution < -0.4 is 10.1 Å². The van der Waals surface area contributed by atoms with Gasteiger partial charge in [0.05, 0.1) is 12.7 Å². The minimum Gasteiger partial charge on any atom is -0.494 e. The van der Waals surface area contributed by atoms with E-state index < -0.39 is 6.10 Å². The molecule has 0 fully saturated rings. The molecule has 0 amide bonds. The average molecular weight is 279 g/mol. The third kappa shape index (κ3) is 5.14. The van der Waals surface area contributed by atoms with Crippen LogP contribution in [0.4, 0.5) is 0 Å². The molecule has 3 nitrogen and oxygen atoms in total. The van der Waals surface area contributed by atoms with E-state index in [1.165, 1.54) is 0 Å². The third-order valence-corrected chi connectivity index (χ3v) is 3.63. The van der Waals surface area contributed by atoms with Crippen molar-refractivity contribution in [1.29, 1.82) is 0 Å². The van der Waals surface area contributed by atoms with Crippen molar-refractivity contribution in [3.63, 3.8) is 0 Å². The molecular formula is C17H29NO2. The lowest BCUT2D eigenvalue weighted by Crippen LogP contribution is -2.40. The van der Waals surface area contributed by atoms with Crippen LogP contribution in [0.1, 0.15) is 58.6 Å². The van der Waals surface area contributed by atoms with Crippen molar-refractivity contribution in [3.8, 4) is 5.75 Å². The largest absolute Gasteiger partial charge is 0.494 e. The number of benzene rings is 1. The maximum absolute atomic E-state index is 10.5. The second kappa shape index (κ2) is 8.98. The van der Waals surface area contributed by atoms with Crippen LogP contribution in [0.15, 0.2) is 24.3 Å². The second-order valence-electron chi connectivity index (χ2n) is 5.35. The molecule has 2 N–H and O–H groups in total. The summed E-state index contributed by atoms with van der Waals surface area (Å²) in [6, 6.07) is 8.29. The van der Waals surface area contributed by atoms with Crippen molar-refractivity contribution in [1.82, 2.24) is 5.32 Å². The summed E-state index contributed by atoms with van der Waals surface area (Å²) in [5.41, 5.74) is 0.941. The molecule has 0 saturated carbocycles. The van der Waals surface area contributed by atoms with E-state index in [-0.39, 0.29) is 6.04 Å². The van der Waals surface area contributed by atoms with Gasteiger partial charge >= 0.3 is 0 Å². The summed E-state index contributed by atoms with van der Waals surface area (Å²) in [5.74, 6) is 0.866. The standard InChI is InChI=1S/C17H29NO2/c1-5-12-20-15-10-8-14(9-11-15)17(19)16(7-3)18-13(4)6-2/h8-11,13,16-19H,5-7,12H2,1-4H3. The zero-order valence-corrected chi connectivity index (χ0v) is 13.2. The molecular weight excluding hydrogens is 250 g/mol. The van der Waals surface area contributed by atoms with Crippen molar-refractivity contribution in [2.45, 2.75) is 65.1 Å². The third-order valence-electron chi connectivity index (χ3n) is 3.63. The summed E-state index contributed by atoms with van der Waals surface area (Å²) < 4.78 is 5.56. The zero-order valence-electron chi connectivity index (χ0n) is 13.2. The molecule has 20 heavy (non-hydrogen) atoms. The van der Waals surface area contributed by atoms with E-state index >= 15 is 0 Å². The minimum absolute atomic E-state index is 0.0901. The highest BCUT2D eigenvalue weighted by molar-refractivity contribution is 5.29. The molecule has 3 heteroatoms. The van der Waals surface area contributed by atoms with Crippen molar-refractivity contribution in [2.75, 3.05) is 6.61 Å². The lowest BCUT2D eigenvalue weighted by Gasteiger charge is -2.26. The Labute approximate surface area is 123 Å². The Bertz CT molecular complexity index is 364. The summed E-state index contributed by atoms with van der Waals surface area (Å²) in [6.45, 7) is 9.22. The molecule has 0 saturated heterocycles. The SMILES string of the molecule is CCCOc1ccc(C(O)C(CC)NC(C)CC)cc1. The number of hydrogen-bond donors (Lipinski definition) is 2. The van der Waals surface area contributed by atoms with Gasteiger partial charge in [0.25, 0.3) is 0 Å². The molecule has 1 aromatic carbocycles. The normalized spacial score (nSPS) is 15.7. The first-order chi connectivity index (χ1) is 9.62. The maximum Gasteiger partial charge on any atom is 0.119 e. The van der Waals surface area contributed by atoms with Crippen LogP contribution in [-0.4, -0.2) is 23.8 Å². The molecule has 0 aromatic heterocycles. The summed E-state index contributed by atoms with van der Waals surface area (Å²) in [7, 11) is 0. The van der Waals surface area contributed by atoms with Gasteiger partial charge < -0.3 is 15.2 Å². The molecule has 0 aliphatic carbocycles. The van der Waals surface area contributed by atoms with Crippen LogP contribution in [0.5, 0.6) is 5.75 Å². The highest BCUT2D eigenvalue weighted by Crippen LogP contribution is 2.22. The van der Waals surface area contributed by atoms with Crippen LogP contribution >= 0.6 is 0 Å². The molecule has 0 spiro atoms. The number of aliphatic hydroxyl groups excluding tert-OH is 1. The Morgan fingerprint density at radius 2 is 1.75 bits per heavy atom. The Morgan fingerprint density at radius 1 is 1.10 bits per heavy atom. The van der Waals surface area contributed by atoms with E-state index in [0.29, 0.717) is 6.04 Å². The van der Waals surface area contributed by atoms with Gasteiger partial charge in [0.15, 0.2) is 0 Å². The predicted molar refractivity (Wildman–Crippen MR) is 84.2 cm³/mol. The molecule has 1 rings (SSSR count). The molecule has 0 heterocycles. The van der Waals surface area contributed by atoms with Crippen LogP contribution in [0.25, 0.3) is 0 Å². The van der Waals surface area contributed by atoms with E-state index in [4.69, 9.17) is 4.74 Å². The Hall–Kier alpha value is -1.06. The molecule has 3 atom stereocenters. The zero-order chi connectivity index (χ0) is 15.0. The smallest absolute Gasteiger partial charge is 0.119 e. The molecule has 0 aliphatic rings. The summed E-state index contributed by atoms with van der Waals surface area (Å²) in [5, 5.41) is 14.0. The average Bonchev–Trinajstić information content (AvgIpc) is 2.50. The lowest BCUT2D eigenvalue weighted by atomic mass is 9.99. The van der Waals surface area contributed by atoms with E-state index in [1.807, 2.05) is 24.3 Å². The van der Waals surface area contributed by atoms with Crippen LogP contribution in [0.2, 0.25) is 0 Å². The molecule has 0 bridgehead atoms. The fourth-order valence-electron chi connectivity index (χ4n) is 2.13. The molecule has 0 aliphatic heterocycles. The molecule has 3 unspecified atom stereocenters. The highest BCUT2D eigenvalue weighted by atomic mass is 16.5. The minimum atomic E-state index is -0.478.